The Morgan fingerprint density at radius 2 is 1.82 bits per heavy atom. The molecule has 22 heavy (non-hydrogen) atoms. The number of hydrogen-bond acceptors (Lipinski definition) is 3. The van der Waals surface area contributed by atoms with Crippen molar-refractivity contribution in [1.29, 1.82) is 0 Å². The van der Waals surface area contributed by atoms with E-state index in [1.54, 1.807) is 12.1 Å². The molecular weight excluding hydrogens is 274 g/mol. The predicted octanol–water partition coefficient (Wildman–Crippen LogP) is 4.02. The SMILES string of the molecule is Cc1nc2cc(O)cc(-c3cc(C(C)(C)C)ccn3)n2c1C. The van der Waals surface area contributed by atoms with Gasteiger partial charge in [0.25, 0.3) is 0 Å². The van der Waals surface area contributed by atoms with Crippen LogP contribution < -0.4 is 0 Å². The largest absolute Gasteiger partial charge is 0.508 e. The van der Waals surface area contributed by atoms with Gasteiger partial charge in [0.15, 0.2) is 0 Å². The molecule has 114 valence electrons. The van der Waals surface area contributed by atoms with Crippen molar-refractivity contribution in [3.8, 4) is 17.1 Å². The monoisotopic (exact) mass is 295 g/mol. The van der Waals surface area contributed by atoms with E-state index in [-0.39, 0.29) is 11.2 Å². The summed E-state index contributed by atoms with van der Waals surface area (Å²) in [6.07, 6.45) is 1.82. The van der Waals surface area contributed by atoms with E-state index in [2.05, 4.69) is 36.8 Å². The number of rotatable bonds is 1. The van der Waals surface area contributed by atoms with Crippen LogP contribution >= 0.6 is 0 Å². The van der Waals surface area contributed by atoms with Gasteiger partial charge in [0.05, 0.1) is 17.1 Å². The summed E-state index contributed by atoms with van der Waals surface area (Å²) < 4.78 is 2.05. The van der Waals surface area contributed by atoms with Gasteiger partial charge in [-0.1, -0.05) is 20.8 Å². The molecule has 0 aromatic carbocycles. The minimum absolute atomic E-state index is 0.0491. The number of fused-ring (bicyclic) bond motifs is 1. The van der Waals surface area contributed by atoms with E-state index in [1.807, 2.05) is 30.5 Å². The predicted molar refractivity (Wildman–Crippen MR) is 88.3 cm³/mol. The van der Waals surface area contributed by atoms with Crippen molar-refractivity contribution < 1.29 is 5.11 Å². The van der Waals surface area contributed by atoms with E-state index >= 15 is 0 Å². The number of pyridine rings is 2. The maximum atomic E-state index is 10.0. The summed E-state index contributed by atoms with van der Waals surface area (Å²) in [6, 6.07) is 7.55. The highest BCUT2D eigenvalue weighted by Crippen LogP contribution is 2.30. The van der Waals surface area contributed by atoms with Gasteiger partial charge in [-0.3, -0.25) is 9.38 Å². The van der Waals surface area contributed by atoms with E-state index in [9.17, 15) is 5.11 Å². The molecule has 0 aliphatic rings. The summed E-state index contributed by atoms with van der Waals surface area (Å²) in [7, 11) is 0. The van der Waals surface area contributed by atoms with Crippen LogP contribution in [0.15, 0.2) is 30.5 Å². The van der Waals surface area contributed by atoms with Crippen LogP contribution in [0.3, 0.4) is 0 Å². The van der Waals surface area contributed by atoms with Crippen molar-refractivity contribution in [1.82, 2.24) is 14.4 Å². The first kappa shape index (κ1) is 14.6. The quantitative estimate of drug-likeness (QED) is 0.737. The first-order valence-electron chi connectivity index (χ1n) is 7.43. The highest BCUT2D eigenvalue weighted by Gasteiger charge is 2.17. The number of aryl methyl sites for hydroxylation is 2. The van der Waals surface area contributed by atoms with Crippen LogP contribution in [-0.2, 0) is 5.41 Å². The second-order valence-electron chi connectivity index (χ2n) is 6.75. The molecule has 0 atom stereocenters. The molecule has 3 aromatic rings. The van der Waals surface area contributed by atoms with Crippen molar-refractivity contribution in [2.24, 2.45) is 0 Å². The zero-order chi connectivity index (χ0) is 16.1. The van der Waals surface area contributed by atoms with Crippen LogP contribution in [0.2, 0.25) is 0 Å². The lowest BCUT2D eigenvalue weighted by Gasteiger charge is -2.19. The van der Waals surface area contributed by atoms with Crippen molar-refractivity contribution in [3.63, 3.8) is 0 Å². The summed E-state index contributed by atoms with van der Waals surface area (Å²) in [5.74, 6) is 0.204. The van der Waals surface area contributed by atoms with E-state index in [4.69, 9.17) is 0 Å². The molecular formula is C18H21N3O. The third-order valence-corrected chi connectivity index (χ3v) is 4.06. The van der Waals surface area contributed by atoms with E-state index < -0.39 is 0 Å². The standard InChI is InChI=1S/C18H21N3O/c1-11-12(2)21-16(9-14(22)10-17(21)20-11)15-8-13(6-7-19-15)18(3,4)5/h6-10,22H,1-5H3. The second kappa shape index (κ2) is 4.83. The Morgan fingerprint density at radius 1 is 1.09 bits per heavy atom. The first-order chi connectivity index (χ1) is 10.3. The number of aromatic hydroxyl groups is 1. The number of aromatic nitrogens is 3. The fourth-order valence-electron chi connectivity index (χ4n) is 2.64. The van der Waals surface area contributed by atoms with Gasteiger partial charge in [0.2, 0.25) is 0 Å². The number of hydrogen-bond donors (Lipinski definition) is 1. The molecule has 0 saturated heterocycles. The van der Waals surface area contributed by atoms with Gasteiger partial charge in [-0.2, -0.15) is 0 Å². The topological polar surface area (TPSA) is 50.4 Å². The van der Waals surface area contributed by atoms with Crippen LogP contribution in [0, 0.1) is 13.8 Å². The molecule has 3 aromatic heterocycles. The highest BCUT2D eigenvalue weighted by atomic mass is 16.3. The lowest BCUT2D eigenvalue weighted by atomic mass is 9.87. The van der Waals surface area contributed by atoms with Gasteiger partial charge in [-0.15, -0.1) is 0 Å². The van der Waals surface area contributed by atoms with Crippen LogP contribution in [0.4, 0.5) is 0 Å². The Hall–Kier alpha value is -2.36. The third kappa shape index (κ3) is 2.34. The maximum Gasteiger partial charge on any atom is 0.141 e. The summed E-state index contributed by atoms with van der Waals surface area (Å²) in [5.41, 5.74) is 5.73. The van der Waals surface area contributed by atoms with Crippen LogP contribution in [0.5, 0.6) is 5.75 Å². The fraction of sp³-hybridized carbons (Fsp3) is 0.333. The smallest absolute Gasteiger partial charge is 0.141 e. The van der Waals surface area contributed by atoms with Gasteiger partial charge >= 0.3 is 0 Å². The molecule has 0 spiro atoms. The minimum atomic E-state index is 0.0491. The van der Waals surface area contributed by atoms with Crippen molar-refractivity contribution in [2.75, 3.05) is 0 Å². The Bertz CT molecular complexity index is 857. The summed E-state index contributed by atoms with van der Waals surface area (Å²) >= 11 is 0. The van der Waals surface area contributed by atoms with Gasteiger partial charge in [-0.25, -0.2) is 4.98 Å². The maximum absolute atomic E-state index is 10.0. The molecule has 3 heterocycles. The molecule has 0 saturated carbocycles. The summed E-state index contributed by atoms with van der Waals surface area (Å²) in [5, 5.41) is 10.0. The zero-order valence-electron chi connectivity index (χ0n) is 13.7. The van der Waals surface area contributed by atoms with E-state index in [0.717, 1.165) is 28.4 Å². The molecule has 0 bridgehead atoms. The lowest BCUT2D eigenvalue weighted by Crippen LogP contribution is -2.11. The van der Waals surface area contributed by atoms with Crippen molar-refractivity contribution in [3.05, 3.63) is 47.4 Å². The Labute approximate surface area is 130 Å². The molecule has 3 rings (SSSR count). The summed E-state index contributed by atoms with van der Waals surface area (Å²) in [6.45, 7) is 10.5. The molecule has 0 fully saturated rings. The molecule has 0 unspecified atom stereocenters. The Morgan fingerprint density at radius 3 is 2.50 bits per heavy atom. The van der Waals surface area contributed by atoms with Crippen LogP contribution in [0.1, 0.15) is 37.7 Å². The third-order valence-electron chi connectivity index (χ3n) is 4.06. The zero-order valence-corrected chi connectivity index (χ0v) is 13.7. The molecule has 0 aliphatic heterocycles. The lowest BCUT2D eigenvalue weighted by molar-refractivity contribution is 0.475. The molecule has 0 amide bonds. The van der Waals surface area contributed by atoms with Gasteiger partial charge < -0.3 is 5.11 Å². The second-order valence-corrected chi connectivity index (χ2v) is 6.75. The normalized spacial score (nSPS) is 12.0. The molecule has 4 nitrogen and oxygen atoms in total. The van der Waals surface area contributed by atoms with Crippen LogP contribution in [-0.4, -0.2) is 19.5 Å². The minimum Gasteiger partial charge on any atom is -0.508 e. The molecule has 4 heteroatoms. The Kier molecular flexibility index (Phi) is 3.20. The summed E-state index contributed by atoms with van der Waals surface area (Å²) in [4.78, 5) is 9.01. The number of imidazole rings is 1. The Balaban J connectivity index is 2.31. The van der Waals surface area contributed by atoms with Crippen molar-refractivity contribution in [2.45, 2.75) is 40.0 Å². The van der Waals surface area contributed by atoms with Gasteiger partial charge in [-0.05, 0) is 37.0 Å². The average Bonchev–Trinajstić information content (AvgIpc) is 2.72. The van der Waals surface area contributed by atoms with Gasteiger partial charge in [0.1, 0.15) is 11.4 Å². The van der Waals surface area contributed by atoms with Gasteiger partial charge in [0, 0.05) is 24.0 Å². The van der Waals surface area contributed by atoms with E-state index in [1.165, 1.54) is 5.56 Å². The first-order valence-corrected chi connectivity index (χ1v) is 7.43. The van der Waals surface area contributed by atoms with Crippen LogP contribution in [0.25, 0.3) is 17.0 Å². The molecule has 1 N–H and O–H groups in total. The highest BCUT2D eigenvalue weighted by molar-refractivity contribution is 5.65. The molecule has 0 radical (unpaired) electrons. The van der Waals surface area contributed by atoms with E-state index in [0.29, 0.717) is 0 Å². The fourth-order valence-corrected chi connectivity index (χ4v) is 2.64. The average molecular weight is 295 g/mol. The number of nitrogens with zero attached hydrogens (tertiary/aromatic N) is 3. The van der Waals surface area contributed by atoms with Crippen molar-refractivity contribution >= 4 is 5.65 Å². The molecule has 0 aliphatic carbocycles.